The van der Waals surface area contributed by atoms with E-state index in [1.807, 2.05) is 26.0 Å². The van der Waals surface area contributed by atoms with Crippen LogP contribution in [0, 0.1) is 0 Å². The molecule has 0 bridgehead atoms. The van der Waals surface area contributed by atoms with Crippen LogP contribution in [0.25, 0.3) is 0 Å². The normalized spacial score (nSPS) is 14.2. The first-order valence-corrected chi connectivity index (χ1v) is 3.58. The van der Waals surface area contributed by atoms with Crippen LogP contribution in [0.15, 0.2) is 22.8 Å². The summed E-state index contributed by atoms with van der Waals surface area (Å²) in [4.78, 5) is 0. The molecule has 0 aromatic rings. The molecule has 0 aromatic carbocycles. The van der Waals surface area contributed by atoms with E-state index in [-0.39, 0.29) is 0 Å². The van der Waals surface area contributed by atoms with E-state index in [4.69, 9.17) is 11.6 Å². The molecule has 0 N–H and O–H groups in total. The quantitative estimate of drug-likeness (QED) is 0.521. The lowest BCUT2D eigenvalue weighted by atomic mass is 10.2. The van der Waals surface area contributed by atoms with Gasteiger partial charge in [0.05, 0.1) is 0 Å². The number of hydrogen-bond acceptors (Lipinski definition) is 0. The Labute approximate surface area is 62.2 Å². The van der Waals surface area contributed by atoms with E-state index in [1.54, 1.807) is 0 Å². The molecule has 0 aliphatic carbocycles. The molecule has 0 spiro atoms. The SMILES string of the molecule is CC=CC(Cl)=C(C)CC. The average Bonchev–Trinajstić information content (AvgIpc) is 1.87. The molecule has 0 aliphatic rings. The topological polar surface area (TPSA) is 0 Å². The van der Waals surface area contributed by atoms with Crippen LogP contribution in [-0.2, 0) is 0 Å². The van der Waals surface area contributed by atoms with Crippen molar-refractivity contribution in [3.05, 3.63) is 22.8 Å². The van der Waals surface area contributed by atoms with E-state index >= 15 is 0 Å². The van der Waals surface area contributed by atoms with Crippen LogP contribution in [-0.4, -0.2) is 0 Å². The van der Waals surface area contributed by atoms with Gasteiger partial charge in [0.2, 0.25) is 0 Å². The molecule has 52 valence electrons. The first-order valence-electron chi connectivity index (χ1n) is 3.20. The second-order valence-corrected chi connectivity index (χ2v) is 2.39. The third-order valence-corrected chi connectivity index (χ3v) is 1.70. The molecule has 0 aromatic heterocycles. The molecule has 9 heavy (non-hydrogen) atoms. The summed E-state index contributed by atoms with van der Waals surface area (Å²) in [5.74, 6) is 0. The smallest absolute Gasteiger partial charge is 0.0391 e. The predicted octanol–water partition coefficient (Wildman–Crippen LogP) is 3.49. The van der Waals surface area contributed by atoms with E-state index in [1.165, 1.54) is 5.57 Å². The van der Waals surface area contributed by atoms with Gasteiger partial charge in [-0.2, -0.15) is 0 Å². The number of halogens is 1. The lowest BCUT2D eigenvalue weighted by Gasteiger charge is -1.94. The molecule has 0 atom stereocenters. The molecular weight excluding hydrogens is 132 g/mol. The summed E-state index contributed by atoms with van der Waals surface area (Å²) in [7, 11) is 0. The van der Waals surface area contributed by atoms with E-state index in [0.29, 0.717) is 0 Å². The zero-order chi connectivity index (χ0) is 7.28. The van der Waals surface area contributed by atoms with Gasteiger partial charge >= 0.3 is 0 Å². The van der Waals surface area contributed by atoms with Crippen LogP contribution in [0.4, 0.5) is 0 Å². The van der Waals surface area contributed by atoms with Crippen LogP contribution in [0.3, 0.4) is 0 Å². The zero-order valence-electron chi connectivity index (χ0n) is 6.24. The van der Waals surface area contributed by atoms with Crippen LogP contribution >= 0.6 is 11.6 Å². The maximum atomic E-state index is 5.82. The van der Waals surface area contributed by atoms with E-state index in [0.717, 1.165) is 11.5 Å². The highest BCUT2D eigenvalue weighted by atomic mass is 35.5. The third kappa shape index (κ3) is 3.36. The van der Waals surface area contributed by atoms with Crippen LogP contribution in [0.2, 0.25) is 0 Å². The van der Waals surface area contributed by atoms with Crippen molar-refractivity contribution in [3.8, 4) is 0 Å². The van der Waals surface area contributed by atoms with Gasteiger partial charge < -0.3 is 0 Å². The van der Waals surface area contributed by atoms with Crippen molar-refractivity contribution in [2.75, 3.05) is 0 Å². The third-order valence-electron chi connectivity index (χ3n) is 1.25. The van der Waals surface area contributed by atoms with Gasteiger partial charge in [0.25, 0.3) is 0 Å². The van der Waals surface area contributed by atoms with E-state index in [2.05, 4.69) is 6.92 Å². The maximum Gasteiger partial charge on any atom is 0.0391 e. The van der Waals surface area contributed by atoms with Crippen molar-refractivity contribution in [1.29, 1.82) is 0 Å². The zero-order valence-corrected chi connectivity index (χ0v) is 7.00. The monoisotopic (exact) mass is 144 g/mol. The Kier molecular flexibility index (Phi) is 4.51. The Bertz CT molecular complexity index is 132. The van der Waals surface area contributed by atoms with Gasteiger partial charge in [-0.15, -0.1) is 0 Å². The van der Waals surface area contributed by atoms with Crippen LogP contribution in [0.1, 0.15) is 27.2 Å². The summed E-state index contributed by atoms with van der Waals surface area (Å²) in [6.07, 6.45) is 4.89. The van der Waals surface area contributed by atoms with Crippen molar-refractivity contribution >= 4 is 11.6 Å². The van der Waals surface area contributed by atoms with Crippen LogP contribution in [0.5, 0.6) is 0 Å². The molecule has 0 fully saturated rings. The van der Waals surface area contributed by atoms with Gasteiger partial charge in [0, 0.05) is 5.03 Å². The number of hydrogen-bond donors (Lipinski definition) is 0. The number of allylic oxidation sites excluding steroid dienone is 4. The Morgan fingerprint density at radius 3 is 2.44 bits per heavy atom. The van der Waals surface area contributed by atoms with Gasteiger partial charge in [0.1, 0.15) is 0 Å². The molecule has 0 unspecified atom stereocenters. The summed E-state index contributed by atoms with van der Waals surface area (Å²) in [6, 6.07) is 0. The van der Waals surface area contributed by atoms with Crippen molar-refractivity contribution < 1.29 is 0 Å². The largest absolute Gasteiger partial charge is 0.0862 e. The fraction of sp³-hybridized carbons (Fsp3) is 0.500. The molecule has 0 aliphatic heterocycles. The summed E-state index contributed by atoms with van der Waals surface area (Å²) in [6.45, 7) is 6.11. The highest BCUT2D eigenvalue weighted by Crippen LogP contribution is 2.12. The molecular formula is C8H13Cl. The molecule has 0 nitrogen and oxygen atoms in total. The van der Waals surface area contributed by atoms with Gasteiger partial charge in [0.15, 0.2) is 0 Å². The predicted molar refractivity (Wildman–Crippen MR) is 43.7 cm³/mol. The van der Waals surface area contributed by atoms with Crippen molar-refractivity contribution in [1.82, 2.24) is 0 Å². The highest BCUT2D eigenvalue weighted by Gasteiger charge is 1.89. The van der Waals surface area contributed by atoms with Crippen LogP contribution < -0.4 is 0 Å². The molecule has 0 radical (unpaired) electrons. The van der Waals surface area contributed by atoms with Gasteiger partial charge in [-0.25, -0.2) is 0 Å². The van der Waals surface area contributed by atoms with Crippen molar-refractivity contribution in [3.63, 3.8) is 0 Å². The Balaban J connectivity index is 4.10. The number of rotatable bonds is 2. The molecule has 0 rings (SSSR count). The summed E-state index contributed by atoms with van der Waals surface area (Å²) >= 11 is 5.82. The van der Waals surface area contributed by atoms with E-state index in [9.17, 15) is 0 Å². The van der Waals surface area contributed by atoms with Crippen molar-refractivity contribution in [2.24, 2.45) is 0 Å². The lowest BCUT2D eigenvalue weighted by molar-refractivity contribution is 1.09. The lowest BCUT2D eigenvalue weighted by Crippen LogP contribution is -1.73. The second kappa shape index (κ2) is 4.63. The summed E-state index contributed by atoms with van der Waals surface area (Å²) in [5, 5.41) is 0.875. The minimum atomic E-state index is 0.875. The molecule has 0 amide bonds. The standard InChI is InChI=1S/C8H13Cl/c1-4-6-8(9)7(3)5-2/h4,6H,5H2,1-3H3. The van der Waals surface area contributed by atoms with Crippen molar-refractivity contribution in [2.45, 2.75) is 27.2 Å². The first-order chi connectivity index (χ1) is 4.22. The Morgan fingerprint density at radius 1 is 1.56 bits per heavy atom. The van der Waals surface area contributed by atoms with Gasteiger partial charge in [-0.1, -0.05) is 30.2 Å². The van der Waals surface area contributed by atoms with Gasteiger partial charge in [-0.05, 0) is 26.3 Å². The fourth-order valence-electron chi connectivity index (χ4n) is 0.457. The summed E-state index contributed by atoms with van der Waals surface area (Å²) in [5.41, 5.74) is 1.25. The second-order valence-electron chi connectivity index (χ2n) is 1.98. The maximum absolute atomic E-state index is 5.82. The molecule has 0 saturated heterocycles. The minimum absolute atomic E-state index is 0.875. The summed E-state index contributed by atoms with van der Waals surface area (Å²) < 4.78 is 0. The average molecular weight is 145 g/mol. The molecule has 0 saturated carbocycles. The molecule has 0 heterocycles. The first kappa shape index (κ1) is 8.77. The minimum Gasteiger partial charge on any atom is -0.0862 e. The highest BCUT2D eigenvalue weighted by molar-refractivity contribution is 6.31. The fourth-order valence-corrected chi connectivity index (χ4v) is 0.717. The molecule has 1 heteroatoms. The Hall–Kier alpha value is -0.230. The Morgan fingerprint density at radius 2 is 2.11 bits per heavy atom. The van der Waals surface area contributed by atoms with E-state index < -0.39 is 0 Å². The van der Waals surface area contributed by atoms with Gasteiger partial charge in [-0.3, -0.25) is 0 Å².